The van der Waals surface area contributed by atoms with Crippen molar-refractivity contribution in [1.29, 1.82) is 0 Å². The maximum absolute atomic E-state index is 13.1. The molecule has 1 aliphatic heterocycles. The van der Waals surface area contributed by atoms with E-state index >= 15 is 0 Å². The average molecular weight is 429 g/mol. The first-order chi connectivity index (χ1) is 15.3. The highest BCUT2D eigenvalue weighted by atomic mass is 16.6. The van der Waals surface area contributed by atoms with Gasteiger partial charge in [0.2, 0.25) is 0 Å². The van der Waals surface area contributed by atoms with Crippen LogP contribution >= 0.6 is 0 Å². The first kappa shape index (κ1) is 20.9. The maximum Gasteiger partial charge on any atom is 0.300 e. The Hall–Kier alpha value is -4.33. The Bertz CT molecular complexity index is 1280. The Morgan fingerprint density at radius 1 is 1.06 bits per heavy atom. The fraction of sp³-hybridized carbons (Fsp3) is 0.125. The van der Waals surface area contributed by atoms with Crippen molar-refractivity contribution in [2.75, 3.05) is 4.90 Å². The number of nitro groups is 1. The number of benzene rings is 2. The van der Waals surface area contributed by atoms with Gasteiger partial charge in [0.1, 0.15) is 11.8 Å². The number of hydrogen-bond donors (Lipinski definition) is 1. The lowest BCUT2D eigenvalue weighted by Crippen LogP contribution is -2.30. The molecule has 1 unspecified atom stereocenters. The van der Waals surface area contributed by atoms with Crippen molar-refractivity contribution in [3.63, 3.8) is 0 Å². The second kappa shape index (κ2) is 8.07. The van der Waals surface area contributed by atoms with Gasteiger partial charge < -0.3 is 5.11 Å². The topological polar surface area (TPSA) is 114 Å². The molecule has 1 aromatic heterocycles. The van der Waals surface area contributed by atoms with E-state index in [9.17, 15) is 24.8 Å². The molecule has 3 aromatic rings. The van der Waals surface area contributed by atoms with Gasteiger partial charge in [-0.05, 0) is 37.6 Å². The number of aliphatic hydroxyl groups excluding tert-OH is 1. The van der Waals surface area contributed by atoms with Crippen LogP contribution in [-0.4, -0.2) is 26.7 Å². The van der Waals surface area contributed by atoms with Crippen LogP contribution < -0.4 is 4.90 Å². The number of pyridine rings is 1. The number of Topliss-reactive ketones (excluding diaryl/α,β-unsaturated/α-hetero) is 1. The number of carbonyl (C=O) groups excluding carboxylic acids is 2. The van der Waals surface area contributed by atoms with Gasteiger partial charge in [-0.1, -0.05) is 35.9 Å². The largest absolute Gasteiger partial charge is 0.507 e. The van der Waals surface area contributed by atoms with E-state index in [0.29, 0.717) is 11.4 Å². The third-order valence-corrected chi connectivity index (χ3v) is 5.35. The molecule has 160 valence electrons. The van der Waals surface area contributed by atoms with Gasteiger partial charge in [0, 0.05) is 29.6 Å². The SMILES string of the molecule is Cc1ccc(N2C(=O)C(=O)/C(=C(\O)c3cccc([N+](=O)[O-])c3)C2c2ccccn2)c(C)c1. The van der Waals surface area contributed by atoms with Crippen molar-refractivity contribution in [1.82, 2.24) is 4.98 Å². The molecule has 32 heavy (non-hydrogen) atoms. The number of nitrogens with zero attached hydrogens (tertiary/aromatic N) is 3. The molecule has 1 N–H and O–H groups in total. The van der Waals surface area contributed by atoms with Gasteiger partial charge in [-0.15, -0.1) is 0 Å². The highest BCUT2D eigenvalue weighted by Gasteiger charge is 2.48. The third-order valence-electron chi connectivity index (χ3n) is 5.35. The van der Waals surface area contributed by atoms with Crippen LogP contribution in [0.3, 0.4) is 0 Å². The van der Waals surface area contributed by atoms with Crippen molar-refractivity contribution in [2.45, 2.75) is 19.9 Å². The van der Waals surface area contributed by atoms with Gasteiger partial charge in [-0.25, -0.2) is 0 Å². The highest BCUT2D eigenvalue weighted by molar-refractivity contribution is 6.51. The molecule has 4 rings (SSSR count). The number of ketones is 1. The molecule has 1 saturated heterocycles. The molecule has 1 atom stereocenters. The van der Waals surface area contributed by atoms with Crippen molar-refractivity contribution in [2.24, 2.45) is 0 Å². The van der Waals surface area contributed by atoms with E-state index in [1.54, 1.807) is 24.3 Å². The molecule has 0 aliphatic carbocycles. The van der Waals surface area contributed by atoms with Crippen LogP contribution in [-0.2, 0) is 9.59 Å². The zero-order valence-corrected chi connectivity index (χ0v) is 17.4. The van der Waals surface area contributed by atoms with Gasteiger partial charge >= 0.3 is 0 Å². The molecule has 1 fully saturated rings. The van der Waals surface area contributed by atoms with E-state index in [1.165, 1.54) is 29.3 Å². The van der Waals surface area contributed by atoms with Crippen LogP contribution in [0.15, 0.2) is 72.4 Å². The Kier molecular flexibility index (Phi) is 5.28. The number of rotatable bonds is 4. The molecule has 0 spiro atoms. The predicted octanol–water partition coefficient (Wildman–Crippen LogP) is 4.23. The predicted molar refractivity (Wildman–Crippen MR) is 118 cm³/mol. The average Bonchev–Trinajstić information content (AvgIpc) is 3.04. The van der Waals surface area contributed by atoms with Crippen molar-refractivity contribution in [3.8, 4) is 0 Å². The second-order valence-electron chi connectivity index (χ2n) is 7.52. The summed E-state index contributed by atoms with van der Waals surface area (Å²) in [5.74, 6) is -2.18. The lowest BCUT2D eigenvalue weighted by Gasteiger charge is -2.26. The number of amides is 1. The van der Waals surface area contributed by atoms with Gasteiger partial charge in [0.05, 0.1) is 16.2 Å². The number of aryl methyl sites for hydroxylation is 2. The fourth-order valence-corrected chi connectivity index (χ4v) is 3.90. The van der Waals surface area contributed by atoms with Crippen molar-refractivity contribution >= 4 is 28.8 Å². The molecule has 1 amide bonds. The van der Waals surface area contributed by atoms with E-state index in [-0.39, 0.29) is 16.8 Å². The van der Waals surface area contributed by atoms with Crippen LogP contribution in [0.1, 0.15) is 28.4 Å². The van der Waals surface area contributed by atoms with Gasteiger partial charge in [0.15, 0.2) is 0 Å². The lowest BCUT2D eigenvalue weighted by molar-refractivity contribution is -0.384. The normalized spacial score (nSPS) is 17.6. The number of non-ortho nitro benzene ring substituents is 1. The summed E-state index contributed by atoms with van der Waals surface area (Å²) < 4.78 is 0. The summed E-state index contributed by atoms with van der Waals surface area (Å²) in [6, 6.07) is 14.9. The Morgan fingerprint density at radius 2 is 1.84 bits per heavy atom. The van der Waals surface area contributed by atoms with E-state index in [4.69, 9.17) is 0 Å². The second-order valence-corrected chi connectivity index (χ2v) is 7.52. The summed E-state index contributed by atoms with van der Waals surface area (Å²) in [5, 5.41) is 22.2. The van der Waals surface area contributed by atoms with E-state index in [2.05, 4.69) is 4.98 Å². The number of aromatic nitrogens is 1. The first-order valence-corrected chi connectivity index (χ1v) is 9.83. The molecule has 2 aromatic carbocycles. The molecular formula is C24H19N3O5. The minimum Gasteiger partial charge on any atom is -0.507 e. The summed E-state index contributed by atoms with van der Waals surface area (Å²) in [4.78, 5) is 42.5. The van der Waals surface area contributed by atoms with Gasteiger partial charge in [0.25, 0.3) is 17.4 Å². The quantitative estimate of drug-likeness (QED) is 0.218. The smallest absolute Gasteiger partial charge is 0.300 e. The summed E-state index contributed by atoms with van der Waals surface area (Å²) in [7, 11) is 0. The molecule has 0 radical (unpaired) electrons. The van der Waals surface area contributed by atoms with E-state index in [1.807, 2.05) is 26.0 Å². The summed E-state index contributed by atoms with van der Waals surface area (Å²) in [6.45, 7) is 3.75. The van der Waals surface area contributed by atoms with E-state index < -0.39 is 28.4 Å². The number of aliphatic hydroxyl groups is 1. The molecular weight excluding hydrogens is 410 g/mol. The standard InChI is InChI=1S/C24H19N3O5/c1-14-9-10-19(15(2)12-14)26-21(18-8-3-4-11-25-18)20(23(29)24(26)30)22(28)16-6-5-7-17(13-16)27(31)32/h3-13,21,28H,1-2H3/b22-20-. The van der Waals surface area contributed by atoms with Crippen molar-refractivity contribution < 1.29 is 19.6 Å². The third kappa shape index (κ3) is 3.51. The van der Waals surface area contributed by atoms with Crippen LogP contribution in [0.2, 0.25) is 0 Å². The van der Waals surface area contributed by atoms with Crippen LogP contribution in [0.4, 0.5) is 11.4 Å². The van der Waals surface area contributed by atoms with Crippen LogP contribution in [0.25, 0.3) is 5.76 Å². The monoisotopic (exact) mass is 429 g/mol. The van der Waals surface area contributed by atoms with Crippen molar-refractivity contribution in [3.05, 3.63) is 105 Å². The minimum atomic E-state index is -0.989. The van der Waals surface area contributed by atoms with Crippen LogP contribution in [0.5, 0.6) is 0 Å². The number of carbonyl (C=O) groups is 2. The lowest BCUT2D eigenvalue weighted by atomic mass is 9.97. The Morgan fingerprint density at radius 3 is 2.50 bits per heavy atom. The maximum atomic E-state index is 13.1. The Balaban J connectivity index is 1.96. The Labute approximate surface area is 183 Å². The van der Waals surface area contributed by atoms with E-state index in [0.717, 1.165) is 17.2 Å². The first-order valence-electron chi connectivity index (χ1n) is 9.83. The van der Waals surface area contributed by atoms with Gasteiger partial charge in [-0.2, -0.15) is 0 Å². The highest BCUT2D eigenvalue weighted by Crippen LogP contribution is 2.42. The zero-order valence-electron chi connectivity index (χ0n) is 17.4. The summed E-state index contributed by atoms with van der Waals surface area (Å²) >= 11 is 0. The minimum absolute atomic E-state index is 0.0683. The molecule has 8 heteroatoms. The number of anilines is 1. The number of hydrogen-bond acceptors (Lipinski definition) is 6. The molecule has 1 aliphatic rings. The molecule has 0 saturated carbocycles. The van der Waals surface area contributed by atoms with Gasteiger partial charge in [-0.3, -0.25) is 29.6 Å². The number of nitro benzene ring substituents is 1. The fourth-order valence-electron chi connectivity index (χ4n) is 3.90. The summed E-state index contributed by atoms with van der Waals surface area (Å²) in [6.07, 6.45) is 1.53. The molecule has 2 heterocycles. The van der Waals surface area contributed by atoms with Crippen LogP contribution in [0, 0.1) is 24.0 Å². The molecule has 8 nitrogen and oxygen atoms in total. The summed E-state index contributed by atoms with van der Waals surface area (Å²) in [5.41, 5.74) is 2.34. The molecule has 0 bridgehead atoms. The zero-order chi connectivity index (χ0) is 23.0.